The average molecular weight is 296 g/mol. The number of nitrogens with one attached hydrogen (secondary N) is 2. The number of carbonyl (C=O) groups excluding carboxylic acids is 2. The molecule has 21 heavy (non-hydrogen) atoms. The van der Waals surface area contributed by atoms with E-state index < -0.39 is 17.7 Å². The Kier molecular flexibility index (Phi) is 5.83. The van der Waals surface area contributed by atoms with Crippen LogP contribution in [0.2, 0.25) is 0 Å². The lowest BCUT2D eigenvalue weighted by molar-refractivity contribution is -0.138. The van der Waals surface area contributed by atoms with Gasteiger partial charge in [-0.15, -0.1) is 0 Å². The van der Waals surface area contributed by atoms with Crippen molar-refractivity contribution in [3.63, 3.8) is 0 Å². The Labute approximate surface area is 121 Å². The Balaban J connectivity index is 2.70. The van der Waals surface area contributed by atoms with Crippen LogP contribution in [0.15, 0.2) is 18.2 Å². The predicted octanol–water partition coefficient (Wildman–Crippen LogP) is 2.22. The van der Waals surface area contributed by atoms with Crippen LogP contribution < -0.4 is 10.6 Å². The predicted molar refractivity (Wildman–Crippen MR) is 75.4 cm³/mol. The van der Waals surface area contributed by atoms with Crippen molar-refractivity contribution in [2.75, 3.05) is 10.6 Å². The molecule has 6 nitrogen and oxygen atoms in total. The van der Waals surface area contributed by atoms with Gasteiger partial charge in [0, 0.05) is 25.5 Å². The van der Waals surface area contributed by atoms with E-state index in [2.05, 4.69) is 10.6 Å². The van der Waals surface area contributed by atoms with Gasteiger partial charge < -0.3 is 15.7 Å². The Morgan fingerprint density at radius 3 is 2.48 bits per heavy atom. The molecule has 3 N–H and O–H groups in total. The zero-order valence-electron chi connectivity index (χ0n) is 11.8. The maximum absolute atomic E-state index is 13.6. The first-order valence-electron chi connectivity index (χ1n) is 6.36. The maximum atomic E-state index is 13.6. The summed E-state index contributed by atoms with van der Waals surface area (Å²) >= 11 is 0. The highest BCUT2D eigenvalue weighted by Gasteiger charge is 2.14. The van der Waals surface area contributed by atoms with Crippen LogP contribution >= 0.6 is 0 Å². The van der Waals surface area contributed by atoms with Gasteiger partial charge in [0.1, 0.15) is 5.82 Å². The van der Waals surface area contributed by atoms with Crippen LogP contribution in [0.25, 0.3) is 0 Å². The summed E-state index contributed by atoms with van der Waals surface area (Å²) in [6, 6.07) is 3.80. The van der Waals surface area contributed by atoms with Crippen LogP contribution in [0.5, 0.6) is 0 Å². The van der Waals surface area contributed by atoms with Gasteiger partial charge in [0.15, 0.2) is 0 Å². The van der Waals surface area contributed by atoms with Crippen molar-refractivity contribution in [1.29, 1.82) is 0 Å². The molecule has 2 amide bonds. The van der Waals surface area contributed by atoms with E-state index in [1.165, 1.54) is 19.1 Å². The molecule has 0 aromatic heterocycles. The second-order valence-electron chi connectivity index (χ2n) is 4.83. The number of halogens is 1. The van der Waals surface area contributed by atoms with Crippen LogP contribution in [0, 0.1) is 11.7 Å². The first kappa shape index (κ1) is 16.6. The summed E-state index contributed by atoms with van der Waals surface area (Å²) in [6.07, 6.45) is -0.169. The fraction of sp³-hybridized carbons (Fsp3) is 0.357. The Hall–Kier alpha value is -2.44. The zero-order chi connectivity index (χ0) is 16.0. The maximum Gasteiger partial charge on any atom is 0.303 e. The van der Waals surface area contributed by atoms with Crippen molar-refractivity contribution in [2.45, 2.75) is 26.7 Å². The number of amides is 2. The van der Waals surface area contributed by atoms with Gasteiger partial charge in [-0.1, -0.05) is 6.92 Å². The number of hydrogen-bond donors (Lipinski definition) is 3. The molecule has 0 spiro atoms. The van der Waals surface area contributed by atoms with E-state index in [1.807, 2.05) is 0 Å². The second kappa shape index (κ2) is 7.37. The van der Waals surface area contributed by atoms with Crippen LogP contribution in [0.3, 0.4) is 0 Å². The minimum atomic E-state index is -0.992. The van der Waals surface area contributed by atoms with E-state index in [9.17, 15) is 18.8 Å². The molecule has 1 atom stereocenters. The molecule has 1 aromatic carbocycles. The van der Waals surface area contributed by atoms with Crippen molar-refractivity contribution in [1.82, 2.24) is 0 Å². The van der Waals surface area contributed by atoms with Gasteiger partial charge in [0.25, 0.3) is 0 Å². The number of anilines is 2. The van der Waals surface area contributed by atoms with Crippen LogP contribution in [0.4, 0.5) is 15.8 Å². The van der Waals surface area contributed by atoms with Crippen molar-refractivity contribution in [3.05, 3.63) is 24.0 Å². The monoisotopic (exact) mass is 296 g/mol. The highest BCUT2D eigenvalue weighted by atomic mass is 19.1. The molecule has 0 heterocycles. The lowest BCUT2D eigenvalue weighted by Gasteiger charge is -2.11. The standard InChI is InChI=1S/C14H17FN2O4/c1-8(6-14(20)21)5-13(19)17-12-7-10(16-9(2)18)3-4-11(12)15/h3-4,7-8H,5-6H2,1-2H3,(H,16,18)(H,17,19)(H,20,21). The van der Waals surface area contributed by atoms with Crippen molar-refractivity contribution in [2.24, 2.45) is 5.92 Å². The number of hydrogen-bond acceptors (Lipinski definition) is 3. The van der Waals surface area contributed by atoms with E-state index in [0.29, 0.717) is 5.69 Å². The largest absolute Gasteiger partial charge is 0.481 e. The minimum absolute atomic E-state index is 0.0316. The van der Waals surface area contributed by atoms with E-state index >= 15 is 0 Å². The summed E-state index contributed by atoms with van der Waals surface area (Å²) in [5, 5.41) is 13.5. The average Bonchev–Trinajstić information content (AvgIpc) is 2.31. The molecule has 0 fully saturated rings. The number of rotatable bonds is 6. The third-order valence-electron chi connectivity index (χ3n) is 2.62. The van der Waals surface area contributed by atoms with Gasteiger partial charge in [-0.05, 0) is 24.1 Å². The summed E-state index contributed by atoms with van der Waals surface area (Å²) in [7, 11) is 0. The molecule has 0 radical (unpaired) electrons. The Morgan fingerprint density at radius 2 is 1.90 bits per heavy atom. The smallest absolute Gasteiger partial charge is 0.303 e. The first-order valence-corrected chi connectivity index (χ1v) is 6.36. The summed E-state index contributed by atoms with van der Waals surface area (Å²) in [5.41, 5.74) is 0.298. The molecule has 0 saturated heterocycles. The SMILES string of the molecule is CC(=O)Nc1ccc(F)c(NC(=O)CC(C)CC(=O)O)c1. The molecule has 1 aromatic rings. The van der Waals surface area contributed by atoms with E-state index in [4.69, 9.17) is 5.11 Å². The third-order valence-corrected chi connectivity index (χ3v) is 2.62. The number of carboxylic acid groups (broad SMARTS) is 1. The second-order valence-corrected chi connectivity index (χ2v) is 4.83. The van der Waals surface area contributed by atoms with E-state index in [-0.39, 0.29) is 30.4 Å². The van der Waals surface area contributed by atoms with Gasteiger partial charge in [-0.3, -0.25) is 14.4 Å². The summed E-state index contributed by atoms with van der Waals surface area (Å²) in [5.74, 6) is -2.78. The van der Waals surface area contributed by atoms with Crippen LogP contribution in [-0.4, -0.2) is 22.9 Å². The topological polar surface area (TPSA) is 95.5 Å². The van der Waals surface area contributed by atoms with Crippen molar-refractivity contribution in [3.8, 4) is 0 Å². The lowest BCUT2D eigenvalue weighted by Crippen LogP contribution is -2.18. The zero-order valence-corrected chi connectivity index (χ0v) is 11.8. The first-order chi connectivity index (χ1) is 9.77. The summed E-state index contributed by atoms with van der Waals surface area (Å²) in [6.45, 7) is 2.94. The number of carbonyl (C=O) groups is 3. The van der Waals surface area contributed by atoms with Gasteiger partial charge >= 0.3 is 5.97 Å². The molecule has 0 aliphatic rings. The van der Waals surface area contributed by atoms with Crippen LogP contribution in [0.1, 0.15) is 26.7 Å². The molecule has 1 unspecified atom stereocenters. The molecule has 7 heteroatoms. The Morgan fingerprint density at radius 1 is 1.24 bits per heavy atom. The van der Waals surface area contributed by atoms with Gasteiger partial charge in [0.05, 0.1) is 5.69 Å². The lowest BCUT2D eigenvalue weighted by atomic mass is 10.0. The van der Waals surface area contributed by atoms with E-state index in [0.717, 1.165) is 6.07 Å². The molecule has 0 bridgehead atoms. The molecular formula is C14H17FN2O4. The molecule has 0 aliphatic carbocycles. The van der Waals surface area contributed by atoms with Gasteiger partial charge in [-0.2, -0.15) is 0 Å². The van der Waals surface area contributed by atoms with Crippen molar-refractivity contribution >= 4 is 29.2 Å². The summed E-state index contributed by atoms with van der Waals surface area (Å²) in [4.78, 5) is 33.2. The number of carboxylic acids is 1. The molecule has 0 saturated carbocycles. The molecular weight excluding hydrogens is 279 g/mol. The number of benzene rings is 1. The quantitative estimate of drug-likeness (QED) is 0.750. The van der Waals surface area contributed by atoms with Crippen LogP contribution in [-0.2, 0) is 14.4 Å². The molecule has 1 rings (SSSR count). The molecule has 0 aliphatic heterocycles. The number of aliphatic carboxylic acids is 1. The highest BCUT2D eigenvalue weighted by molar-refractivity contribution is 5.93. The van der Waals surface area contributed by atoms with Crippen molar-refractivity contribution < 1.29 is 23.9 Å². The normalized spacial score (nSPS) is 11.6. The third kappa shape index (κ3) is 6.03. The fourth-order valence-electron chi connectivity index (χ4n) is 1.79. The van der Waals surface area contributed by atoms with Gasteiger partial charge in [0.2, 0.25) is 11.8 Å². The van der Waals surface area contributed by atoms with E-state index in [1.54, 1.807) is 6.92 Å². The minimum Gasteiger partial charge on any atom is -0.481 e. The summed E-state index contributed by atoms with van der Waals surface area (Å²) < 4.78 is 13.6. The molecule has 114 valence electrons. The van der Waals surface area contributed by atoms with Gasteiger partial charge in [-0.25, -0.2) is 4.39 Å². The fourth-order valence-corrected chi connectivity index (χ4v) is 1.79. The highest BCUT2D eigenvalue weighted by Crippen LogP contribution is 2.20. The Bertz CT molecular complexity index is 560.